The van der Waals surface area contributed by atoms with E-state index in [1.807, 2.05) is 0 Å². The Morgan fingerprint density at radius 2 is 1.96 bits per heavy atom. The van der Waals surface area contributed by atoms with Gasteiger partial charge in [0.25, 0.3) is 0 Å². The molecule has 5 nitrogen and oxygen atoms in total. The summed E-state index contributed by atoms with van der Waals surface area (Å²) in [6.07, 6.45) is 3.48. The minimum absolute atomic E-state index is 0.182. The van der Waals surface area contributed by atoms with Crippen LogP contribution in [0.2, 0.25) is 0 Å². The van der Waals surface area contributed by atoms with Crippen molar-refractivity contribution < 1.29 is 24.8 Å². The van der Waals surface area contributed by atoms with Crippen molar-refractivity contribution in [2.45, 2.75) is 31.8 Å². The number of benzene rings is 2. The molecule has 0 radical (unpaired) electrons. The summed E-state index contributed by atoms with van der Waals surface area (Å²) in [4.78, 5) is 0. The van der Waals surface area contributed by atoms with E-state index in [-0.39, 0.29) is 18.1 Å². The van der Waals surface area contributed by atoms with Gasteiger partial charge in [-0.2, -0.15) is 0 Å². The lowest BCUT2D eigenvalue weighted by Gasteiger charge is -2.33. The van der Waals surface area contributed by atoms with Crippen molar-refractivity contribution in [1.82, 2.24) is 0 Å². The van der Waals surface area contributed by atoms with Gasteiger partial charge in [0, 0.05) is 10.8 Å². The third kappa shape index (κ3) is 1.75. The molecule has 120 valence electrons. The van der Waals surface area contributed by atoms with Crippen LogP contribution in [0.15, 0.2) is 22.8 Å². The molecular weight excluding hydrogens is 296 g/mol. The third-order valence-electron chi connectivity index (χ3n) is 5.01. The number of furan rings is 1. The standard InChI is InChI=1S/C18H18O5/c1-9-7-23-17-13(9)16(21)15(20)11-4-5-12-10(14(11)17)3-2-6-18(12,22)8-19/h4-5,7,19-22H,2-3,6,8H2,1H3. The second-order valence-electron chi connectivity index (χ2n) is 6.38. The first kappa shape index (κ1) is 14.4. The first-order valence-electron chi connectivity index (χ1n) is 7.69. The fraction of sp³-hybridized carbons (Fsp3) is 0.333. The van der Waals surface area contributed by atoms with Crippen LogP contribution in [0.5, 0.6) is 11.5 Å². The molecule has 1 aliphatic carbocycles. The predicted octanol–water partition coefficient (Wildman–Crippen LogP) is 2.82. The van der Waals surface area contributed by atoms with E-state index in [2.05, 4.69) is 0 Å². The minimum Gasteiger partial charge on any atom is -0.504 e. The van der Waals surface area contributed by atoms with Crippen LogP contribution >= 0.6 is 0 Å². The van der Waals surface area contributed by atoms with Crippen LogP contribution in [-0.2, 0) is 12.0 Å². The van der Waals surface area contributed by atoms with Crippen LogP contribution < -0.4 is 0 Å². The normalized spacial score (nSPS) is 21.0. The van der Waals surface area contributed by atoms with E-state index in [9.17, 15) is 20.4 Å². The summed E-state index contributed by atoms with van der Waals surface area (Å²) in [7, 11) is 0. The average Bonchev–Trinajstić information content (AvgIpc) is 2.94. The van der Waals surface area contributed by atoms with Crippen molar-refractivity contribution in [3.8, 4) is 11.5 Å². The Morgan fingerprint density at radius 3 is 2.70 bits per heavy atom. The van der Waals surface area contributed by atoms with E-state index in [0.717, 1.165) is 17.5 Å². The van der Waals surface area contributed by atoms with Gasteiger partial charge in [-0.1, -0.05) is 6.07 Å². The Kier molecular flexibility index (Phi) is 2.89. The highest BCUT2D eigenvalue weighted by Gasteiger charge is 2.35. The smallest absolute Gasteiger partial charge is 0.169 e. The molecule has 1 heterocycles. The number of aliphatic hydroxyl groups excluding tert-OH is 1. The highest BCUT2D eigenvalue weighted by molar-refractivity contribution is 6.13. The van der Waals surface area contributed by atoms with Gasteiger partial charge >= 0.3 is 0 Å². The van der Waals surface area contributed by atoms with Crippen LogP contribution in [0.1, 0.15) is 29.5 Å². The molecule has 0 saturated heterocycles. The van der Waals surface area contributed by atoms with E-state index in [0.29, 0.717) is 40.1 Å². The summed E-state index contributed by atoms with van der Waals surface area (Å²) >= 11 is 0. The van der Waals surface area contributed by atoms with E-state index < -0.39 is 5.60 Å². The number of aromatic hydroxyl groups is 2. The number of aliphatic hydroxyl groups is 2. The second kappa shape index (κ2) is 4.63. The number of hydrogen-bond donors (Lipinski definition) is 4. The van der Waals surface area contributed by atoms with Crippen molar-refractivity contribution >= 4 is 21.7 Å². The zero-order chi connectivity index (χ0) is 16.4. The number of rotatable bonds is 1. The van der Waals surface area contributed by atoms with Gasteiger partial charge in [-0.15, -0.1) is 0 Å². The molecular formula is C18H18O5. The Morgan fingerprint density at radius 1 is 1.17 bits per heavy atom. The quantitative estimate of drug-likeness (QED) is 0.518. The summed E-state index contributed by atoms with van der Waals surface area (Å²) in [6.45, 7) is 1.45. The monoisotopic (exact) mass is 314 g/mol. The molecule has 0 bridgehead atoms. The van der Waals surface area contributed by atoms with Crippen LogP contribution in [0, 0.1) is 6.92 Å². The van der Waals surface area contributed by atoms with E-state index in [1.165, 1.54) is 0 Å². The topological polar surface area (TPSA) is 94.1 Å². The summed E-state index contributed by atoms with van der Waals surface area (Å²) < 4.78 is 5.65. The lowest BCUT2D eigenvalue weighted by Crippen LogP contribution is -2.34. The summed E-state index contributed by atoms with van der Waals surface area (Å²) in [6, 6.07) is 3.38. The first-order valence-corrected chi connectivity index (χ1v) is 7.69. The Hall–Kier alpha value is -2.24. The molecule has 0 amide bonds. The van der Waals surface area contributed by atoms with Crippen molar-refractivity contribution in [1.29, 1.82) is 0 Å². The minimum atomic E-state index is -1.27. The van der Waals surface area contributed by atoms with E-state index >= 15 is 0 Å². The van der Waals surface area contributed by atoms with Crippen LogP contribution in [0.4, 0.5) is 0 Å². The van der Waals surface area contributed by atoms with Gasteiger partial charge in [0.05, 0.1) is 18.3 Å². The largest absolute Gasteiger partial charge is 0.504 e. The molecule has 23 heavy (non-hydrogen) atoms. The molecule has 0 aliphatic heterocycles. The predicted molar refractivity (Wildman–Crippen MR) is 85.7 cm³/mol. The van der Waals surface area contributed by atoms with Crippen LogP contribution in [0.25, 0.3) is 21.7 Å². The Bertz CT molecular complexity index is 940. The maximum Gasteiger partial charge on any atom is 0.169 e. The highest BCUT2D eigenvalue weighted by Crippen LogP contribution is 2.48. The summed E-state index contributed by atoms with van der Waals surface area (Å²) in [5.74, 6) is -0.371. The molecule has 2 aromatic carbocycles. The lowest BCUT2D eigenvalue weighted by molar-refractivity contribution is -0.0325. The Labute approximate surface area is 132 Å². The molecule has 5 heteroatoms. The van der Waals surface area contributed by atoms with Crippen molar-refractivity contribution in [2.24, 2.45) is 0 Å². The third-order valence-corrected chi connectivity index (χ3v) is 5.01. The van der Waals surface area contributed by atoms with E-state index in [1.54, 1.807) is 25.3 Å². The molecule has 1 unspecified atom stereocenters. The van der Waals surface area contributed by atoms with Gasteiger partial charge in [-0.3, -0.25) is 0 Å². The van der Waals surface area contributed by atoms with Gasteiger partial charge in [0.15, 0.2) is 11.5 Å². The van der Waals surface area contributed by atoms with Gasteiger partial charge in [0.1, 0.15) is 11.2 Å². The molecule has 4 rings (SSSR count). The number of aryl methyl sites for hydroxylation is 2. The fourth-order valence-electron chi connectivity index (χ4n) is 3.83. The molecule has 0 fully saturated rings. The Balaban J connectivity index is 2.22. The maximum absolute atomic E-state index is 10.7. The number of phenols is 2. The highest BCUT2D eigenvalue weighted by atomic mass is 16.3. The zero-order valence-electron chi connectivity index (χ0n) is 12.8. The van der Waals surface area contributed by atoms with Crippen molar-refractivity contribution in [3.05, 3.63) is 35.1 Å². The van der Waals surface area contributed by atoms with Gasteiger partial charge in [-0.05, 0) is 48.9 Å². The van der Waals surface area contributed by atoms with E-state index in [4.69, 9.17) is 4.42 Å². The molecule has 3 aromatic rings. The van der Waals surface area contributed by atoms with Crippen molar-refractivity contribution in [3.63, 3.8) is 0 Å². The fourth-order valence-corrected chi connectivity index (χ4v) is 3.83. The first-order chi connectivity index (χ1) is 11.0. The number of hydrogen-bond acceptors (Lipinski definition) is 5. The molecule has 1 aromatic heterocycles. The van der Waals surface area contributed by atoms with Gasteiger partial charge in [0.2, 0.25) is 0 Å². The number of phenolic OH excluding ortho intramolecular Hbond substituents is 2. The summed E-state index contributed by atoms with van der Waals surface area (Å²) in [5.41, 5.74) is 1.50. The SMILES string of the molecule is Cc1coc2c1c(O)c(O)c1ccc3c(c12)CCCC3(O)CO. The second-order valence-corrected chi connectivity index (χ2v) is 6.38. The van der Waals surface area contributed by atoms with Crippen molar-refractivity contribution in [2.75, 3.05) is 6.61 Å². The van der Waals surface area contributed by atoms with Crippen LogP contribution in [0.3, 0.4) is 0 Å². The molecule has 4 N–H and O–H groups in total. The van der Waals surface area contributed by atoms with Gasteiger partial charge < -0.3 is 24.8 Å². The molecule has 0 spiro atoms. The lowest BCUT2D eigenvalue weighted by atomic mass is 9.77. The maximum atomic E-state index is 10.7. The molecule has 1 atom stereocenters. The van der Waals surface area contributed by atoms with Gasteiger partial charge in [-0.25, -0.2) is 0 Å². The molecule has 0 saturated carbocycles. The zero-order valence-corrected chi connectivity index (χ0v) is 12.8. The average molecular weight is 314 g/mol. The van der Waals surface area contributed by atoms with Crippen LogP contribution in [-0.4, -0.2) is 27.0 Å². The molecule has 1 aliphatic rings. The number of fused-ring (bicyclic) bond motifs is 5. The summed E-state index contributed by atoms with van der Waals surface area (Å²) in [5, 5.41) is 42.7.